The number of likely N-dealkylation sites (N-methyl/N-ethyl adjacent to an activating group) is 1. The van der Waals surface area contributed by atoms with Crippen LogP contribution < -0.4 is 5.73 Å². The highest BCUT2D eigenvalue weighted by Gasteiger charge is 2.46. The minimum absolute atomic E-state index is 0.503. The molecule has 18 heavy (non-hydrogen) atoms. The lowest BCUT2D eigenvalue weighted by Gasteiger charge is -2.39. The molecule has 0 aromatic heterocycles. The largest absolute Gasteiger partial charge is 0.327 e. The van der Waals surface area contributed by atoms with Crippen molar-refractivity contribution in [2.75, 3.05) is 33.7 Å². The van der Waals surface area contributed by atoms with E-state index < -0.39 is 0 Å². The van der Waals surface area contributed by atoms with Crippen LogP contribution in [0.5, 0.6) is 0 Å². The van der Waals surface area contributed by atoms with Gasteiger partial charge in [-0.15, -0.1) is 0 Å². The fraction of sp³-hybridized carbons (Fsp3) is 1.00. The maximum Gasteiger partial charge on any atom is 0.0217 e. The zero-order chi connectivity index (χ0) is 12.7. The van der Waals surface area contributed by atoms with Crippen LogP contribution in [0, 0.1) is 17.8 Å². The summed E-state index contributed by atoms with van der Waals surface area (Å²) >= 11 is 0. The third kappa shape index (κ3) is 2.33. The molecule has 0 aromatic carbocycles. The van der Waals surface area contributed by atoms with Gasteiger partial charge in [0.2, 0.25) is 0 Å². The molecule has 1 aliphatic heterocycles. The summed E-state index contributed by atoms with van der Waals surface area (Å²) in [5, 5.41) is 0. The predicted molar refractivity (Wildman–Crippen MR) is 75.4 cm³/mol. The van der Waals surface area contributed by atoms with Crippen LogP contribution in [0.2, 0.25) is 0 Å². The quantitative estimate of drug-likeness (QED) is 0.822. The first-order valence-electron chi connectivity index (χ1n) is 7.79. The molecule has 0 radical (unpaired) electrons. The number of likely N-dealkylation sites (tertiary alicyclic amines) is 1. The maximum atomic E-state index is 6.44. The Hall–Kier alpha value is -0.120. The summed E-state index contributed by atoms with van der Waals surface area (Å²) in [5.74, 6) is 2.60. The molecular formula is C15H29N3. The van der Waals surface area contributed by atoms with Crippen LogP contribution >= 0.6 is 0 Å². The maximum absolute atomic E-state index is 6.44. The van der Waals surface area contributed by atoms with Crippen molar-refractivity contribution in [3.63, 3.8) is 0 Å². The molecule has 2 bridgehead atoms. The van der Waals surface area contributed by atoms with Gasteiger partial charge in [0.25, 0.3) is 0 Å². The standard InChI is InChI=1S/C15H29N3/c1-17(2)13-4-3-7-18(9-13)10-14-11-5-6-12(8-11)15(14)16/h11-15H,3-10,16H2,1-2H3. The van der Waals surface area contributed by atoms with E-state index >= 15 is 0 Å². The van der Waals surface area contributed by atoms with E-state index in [1.54, 1.807) is 0 Å². The summed E-state index contributed by atoms with van der Waals surface area (Å²) in [5.41, 5.74) is 6.44. The Labute approximate surface area is 112 Å². The van der Waals surface area contributed by atoms with Crippen molar-refractivity contribution in [1.82, 2.24) is 9.80 Å². The van der Waals surface area contributed by atoms with Gasteiger partial charge in [0.1, 0.15) is 0 Å². The highest BCUT2D eigenvalue weighted by atomic mass is 15.2. The topological polar surface area (TPSA) is 32.5 Å². The van der Waals surface area contributed by atoms with Crippen LogP contribution in [0.3, 0.4) is 0 Å². The number of hydrogen-bond donors (Lipinski definition) is 1. The lowest BCUT2D eigenvalue weighted by atomic mass is 9.84. The van der Waals surface area contributed by atoms with Gasteiger partial charge in [-0.2, -0.15) is 0 Å². The molecule has 1 saturated heterocycles. The molecule has 3 nitrogen and oxygen atoms in total. The fourth-order valence-electron chi connectivity index (χ4n) is 4.64. The molecular weight excluding hydrogens is 222 g/mol. The van der Waals surface area contributed by atoms with Crippen molar-refractivity contribution in [3.8, 4) is 0 Å². The van der Waals surface area contributed by atoms with Crippen LogP contribution in [0.4, 0.5) is 0 Å². The number of fused-ring (bicyclic) bond motifs is 2. The van der Waals surface area contributed by atoms with E-state index in [0.29, 0.717) is 6.04 Å². The van der Waals surface area contributed by atoms with Crippen molar-refractivity contribution in [2.45, 2.75) is 44.2 Å². The second-order valence-electron chi connectivity index (χ2n) is 7.09. The monoisotopic (exact) mass is 251 g/mol. The Morgan fingerprint density at radius 3 is 2.61 bits per heavy atom. The molecule has 2 aliphatic carbocycles. The van der Waals surface area contributed by atoms with Gasteiger partial charge < -0.3 is 15.5 Å². The number of hydrogen-bond acceptors (Lipinski definition) is 3. The van der Waals surface area contributed by atoms with Gasteiger partial charge in [-0.3, -0.25) is 0 Å². The Balaban J connectivity index is 1.56. The Morgan fingerprint density at radius 2 is 1.94 bits per heavy atom. The van der Waals surface area contributed by atoms with E-state index in [4.69, 9.17) is 5.73 Å². The first-order chi connectivity index (χ1) is 8.65. The van der Waals surface area contributed by atoms with E-state index in [-0.39, 0.29) is 0 Å². The molecule has 0 spiro atoms. The number of nitrogens with zero attached hydrogens (tertiary/aromatic N) is 2. The molecule has 0 aromatic rings. The zero-order valence-corrected chi connectivity index (χ0v) is 12.0. The summed E-state index contributed by atoms with van der Waals surface area (Å²) < 4.78 is 0. The molecule has 104 valence electrons. The van der Waals surface area contributed by atoms with Gasteiger partial charge >= 0.3 is 0 Å². The highest BCUT2D eigenvalue weighted by Crippen LogP contribution is 2.47. The molecule has 5 unspecified atom stereocenters. The Kier molecular flexibility index (Phi) is 3.65. The van der Waals surface area contributed by atoms with E-state index in [2.05, 4.69) is 23.9 Å². The van der Waals surface area contributed by atoms with E-state index in [0.717, 1.165) is 23.8 Å². The fourth-order valence-corrected chi connectivity index (χ4v) is 4.64. The molecule has 3 rings (SSSR count). The van der Waals surface area contributed by atoms with E-state index in [1.165, 1.54) is 51.7 Å². The number of piperidine rings is 1. The molecule has 0 amide bonds. The smallest absolute Gasteiger partial charge is 0.0217 e. The summed E-state index contributed by atoms with van der Waals surface area (Å²) in [4.78, 5) is 5.09. The predicted octanol–water partition coefficient (Wildman–Crippen LogP) is 1.39. The van der Waals surface area contributed by atoms with Crippen molar-refractivity contribution < 1.29 is 0 Å². The molecule has 3 fully saturated rings. The Morgan fingerprint density at radius 1 is 1.17 bits per heavy atom. The van der Waals surface area contributed by atoms with Gasteiger partial charge in [-0.25, -0.2) is 0 Å². The van der Waals surface area contributed by atoms with E-state index in [1.807, 2.05) is 0 Å². The van der Waals surface area contributed by atoms with Gasteiger partial charge in [-0.05, 0) is 70.5 Å². The van der Waals surface area contributed by atoms with Crippen LogP contribution in [0.15, 0.2) is 0 Å². The summed E-state index contributed by atoms with van der Waals surface area (Å²) in [7, 11) is 4.44. The molecule has 2 saturated carbocycles. The second kappa shape index (κ2) is 5.10. The van der Waals surface area contributed by atoms with Gasteiger partial charge in [-0.1, -0.05) is 0 Å². The minimum atomic E-state index is 0.503. The van der Waals surface area contributed by atoms with Crippen LogP contribution in [0.1, 0.15) is 32.1 Å². The normalized spacial score (nSPS) is 45.0. The van der Waals surface area contributed by atoms with Gasteiger partial charge in [0.05, 0.1) is 0 Å². The highest BCUT2D eigenvalue weighted by molar-refractivity contribution is 5.00. The first kappa shape index (κ1) is 12.9. The summed E-state index contributed by atoms with van der Waals surface area (Å²) in [6, 6.07) is 1.26. The molecule has 1 heterocycles. The van der Waals surface area contributed by atoms with Crippen LogP contribution in [-0.4, -0.2) is 55.6 Å². The SMILES string of the molecule is CN(C)C1CCCN(CC2C3CCC(C3)C2N)C1. The third-order valence-electron chi connectivity index (χ3n) is 5.84. The number of nitrogens with two attached hydrogens (primary N) is 1. The average Bonchev–Trinajstić information content (AvgIpc) is 2.93. The van der Waals surface area contributed by atoms with Crippen molar-refractivity contribution in [1.29, 1.82) is 0 Å². The minimum Gasteiger partial charge on any atom is -0.327 e. The summed E-state index contributed by atoms with van der Waals surface area (Å²) in [6.45, 7) is 3.82. The van der Waals surface area contributed by atoms with Gasteiger partial charge in [0, 0.05) is 25.2 Å². The van der Waals surface area contributed by atoms with Crippen LogP contribution in [0.25, 0.3) is 0 Å². The zero-order valence-electron chi connectivity index (χ0n) is 12.0. The molecule has 2 N–H and O–H groups in total. The van der Waals surface area contributed by atoms with Crippen molar-refractivity contribution >= 4 is 0 Å². The lowest BCUT2D eigenvalue weighted by Crippen LogP contribution is -2.49. The van der Waals surface area contributed by atoms with Gasteiger partial charge in [0.15, 0.2) is 0 Å². The van der Waals surface area contributed by atoms with Crippen LogP contribution in [-0.2, 0) is 0 Å². The summed E-state index contributed by atoms with van der Waals surface area (Å²) in [6.07, 6.45) is 7.01. The molecule has 5 atom stereocenters. The van der Waals surface area contributed by atoms with Crippen molar-refractivity contribution in [2.24, 2.45) is 23.5 Å². The molecule has 3 aliphatic rings. The lowest BCUT2D eigenvalue weighted by molar-refractivity contribution is 0.100. The average molecular weight is 251 g/mol. The number of rotatable bonds is 3. The van der Waals surface area contributed by atoms with Crippen molar-refractivity contribution in [3.05, 3.63) is 0 Å². The molecule has 3 heteroatoms. The van der Waals surface area contributed by atoms with E-state index in [9.17, 15) is 0 Å². The Bertz CT molecular complexity index is 289. The third-order valence-corrected chi connectivity index (χ3v) is 5.84. The second-order valence-corrected chi connectivity index (χ2v) is 7.09. The first-order valence-corrected chi connectivity index (χ1v) is 7.79.